The van der Waals surface area contributed by atoms with Gasteiger partial charge in [-0.05, 0) is 28.3 Å². The Labute approximate surface area is 193 Å². The van der Waals surface area contributed by atoms with Gasteiger partial charge in [0.15, 0.2) is 16.8 Å². The number of hydrogen-bond donors (Lipinski definition) is 4. The Bertz CT molecular complexity index is 926. The van der Waals surface area contributed by atoms with E-state index >= 15 is 0 Å². The summed E-state index contributed by atoms with van der Waals surface area (Å²) in [6, 6.07) is 28.2. The monoisotopic (exact) mass is 469 g/mol. The molecule has 4 nitrogen and oxygen atoms in total. The minimum absolute atomic E-state index is 0.477. The Balaban J connectivity index is 2.06. The van der Waals surface area contributed by atoms with Crippen LogP contribution in [0.2, 0.25) is 0 Å². The number of benzene rings is 3. The summed E-state index contributed by atoms with van der Waals surface area (Å²) in [4.78, 5) is 41.4. The van der Waals surface area contributed by atoms with Crippen molar-refractivity contribution in [2.24, 2.45) is 0 Å². The van der Waals surface area contributed by atoms with Crippen LogP contribution < -0.4 is 0 Å². The first kappa shape index (κ1) is 25.0. The molecule has 0 fully saturated rings. The molecule has 0 bridgehead atoms. The predicted octanol–water partition coefficient (Wildman–Crippen LogP) is 6.12. The minimum Gasteiger partial charge on any atom is -0.350 e. The van der Waals surface area contributed by atoms with Crippen molar-refractivity contribution in [3.05, 3.63) is 107 Å². The molecule has 0 saturated heterocycles. The van der Waals surface area contributed by atoms with Crippen molar-refractivity contribution in [2.75, 3.05) is 0 Å². The molecule has 0 amide bonds. The van der Waals surface area contributed by atoms with Crippen molar-refractivity contribution in [2.45, 2.75) is 49.8 Å². The maximum Gasteiger partial charge on any atom is 0.173 e. The van der Waals surface area contributed by atoms with E-state index in [1.807, 2.05) is 107 Å². The highest BCUT2D eigenvalue weighted by Gasteiger charge is 2.41. The summed E-state index contributed by atoms with van der Waals surface area (Å²) < 4.78 is 0. The molecular formula is C26H31O4P2. The van der Waals surface area contributed by atoms with E-state index in [-0.39, 0.29) is 0 Å². The second-order valence-corrected chi connectivity index (χ2v) is 11.5. The fourth-order valence-corrected chi connectivity index (χ4v) is 6.81. The summed E-state index contributed by atoms with van der Waals surface area (Å²) >= 11 is 0. The van der Waals surface area contributed by atoms with Crippen molar-refractivity contribution >= 4 is 16.8 Å². The molecule has 3 aromatic rings. The lowest BCUT2D eigenvalue weighted by Gasteiger charge is -2.39. The SMILES string of the molecule is CC(C)(c1[c]ccc(C(C)(C)C(c2ccccc2)P(O)O)c1)C(c1ccccc1)P(O)O. The normalized spacial score (nSPS) is 14.6. The van der Waals surface area contributed by atoms with Crippen LogP contribution in [0.25, 0.3) is 0 Å². The third-order valence-corrected chi connectivity index (χ3v) is 9.11. The summed E-state index contributed by atoms with van der Waals surface area (Å²) in [6.07, 6.45) is 0. The number of hydrogen-bond acceptors (Lipinski definition) is 4. The van der Waals surface area contributed by atoms with Gasteiger partial charge in [0.25, 0.3) is 0 Å². The molecule has 0 aliphatic heterocycles. The van der Waals surface area contributed by atoms with Gasteiger partial charge in [0.2, 0.25) is 0 Å². The average Bonchev–Trinajstić information content (AvgIpc) is 2.74. The maximum atomic E-state index is 10.4. The molecule has 0 aliphatic rings. The first-order chi connectivity index (χ1) is 15.1. The molecule has 0 spiro atoms. The van der Waals surface area contributed by atoms with Crippen LogP contribution in [-0.4, -0.2) is 19.6 Å². The lowest BCUT2D eigenvalue weighted by Crippen LogP contribution is -2.29. The average molecular weight is 469 g/mol. The summed E-state index contributed by atoms with van der Waals surface area (Å²) in [5, 5.41) is 0. The number of rotatable bonds is 8. The van der Waals surface area contributed by atoms with Gasteiger partial charge in [-0.1, -0.05) is 107 Å². The molecule has 0 heterocycles. The highest BCUT2D eigenvalue weighted by Crippen LogP contribution is 2.57. The van der Waals surface area contributed by atoms with Crippen molar-refractivity contribution in [1.82, 2.24) is 0 Å². The zero-order chi connectivity index (χ0) is 23.5. The van der Waals surface area contributed by atoms with E-state index in [2.05, 4.69) is 6.07 Å². The van der Waals surface area contributed by atoms with Crippen LogP contribution in [0.4, 0.5) is 0 Å². The fraction of sp³-hybridized carbons (Fsp3) is 0.308. The van der Waals surface area contributed by atoms with E-state index in [0.717, 1.165) is 22.3 Å². The van der Waals surface area contributed by atoms with Gasteiger partial charge in [-0.2, -0.15) is 0 Å². The van der Waals surface area contributed by atoms with Gasteiger partial charge in [0.1, 0.15) is 0 Å². The molecule has 2 unspecified atom stereocenters. The quantitative estimate of drug-likeness (QED) is 0.300. The van der Waals surface area contributed by atoms with Crippen LogP contribution in [0.5, 0.6) is 0 Å². The summed E-state index contributed by atoms with van der Waals surface area (Å²) in [7, 11) is -4.48. The van der Waals surface area contributed by atoms with E-state index in [4.69, 9.17) is 0 Å². The van der Waals surface area contributed by atoms with Crippen LogP contribution in [0, 0.1) is 6.07 Å². The van der Waals surface area contributed by atoms with Crippen LogP contribution in [0.3, 0.4) is 0 Å². The second kappa shape index (κ2) is 10.1. The molecule has 0 aliphatic carbocycles. The molecule has 169 valence electrons. The smallest absolute Gasteiger partial charge is 0.173 e. The van der Waals surface area contributed by atoms with E-state index in [0.29, 0.717) is 0 Å². The van der Waals surface area contributed by atoms with Crippen molar-refractivity contribution in [3.63, 3.8) is 0 Å². The third kappa shape index (κ3) is 5.13. The Hall–Kier alpha value is -1.64. The lowest BCUT2D eigenvalue weighted by atomic mass is 9.74. The van der Waals surface area contributed by atoms with E-state index < -0.39 is 38.9 Å². The molecular weight excluding hydrogens is 438 g/mol. The first-order valence-corrected chi connectivity index (χ1v) is 13.2. The van der Waals surface area contributed by atoms with E-state index in [1.165, 1.54) is 0 Å². The maximum absolute atomic E-state index is 10.4. The van der Waals surface area contributed by atoms with Crippen molar-refractivity contribution < 1.29 is 19.6 Å². The van der Waals surface area contributed by atoms with Crippen LogP contribution >= 0.6 is 16.8 Å². The predicted molar refractivity (Wildman–Crippen MR) is 132 cm³/mol. The van der Waals surface area contributed by atoms with Gasteiger partial charge < -0.3 is 19.6 Å². The van der Waals surface area contributed by atoms with E-state index in [1.54, 1.807) is 0 Å². The van der Waals surface area contributed by atoms with Gasteiger partial charge in [0.05, 0.1) is 11.3 Å². The van der Waals surface area contributed by atoms with Crippen molar-refractivity contribution in [1.29, 1.82) is 0 Å². The first-order valence-electron chi connectivity index (χ1n) is 10.5. The zero-order valence-corrected chi connectivity index (χ0v) is 20.6. The molecule has 6 heteroatoms. The van der Waals surface area contributed by atoms with Gasteiger partial charge >= 0.3 is 0 Å². The Morgan fingerprint density at radius 3 is 1.53 bits per heavy atom. The Morgan fingerprint density at radius 2 is 1.09 bits per heavy atom. The highest BCUT2D eigenvalue weighted by atomic mass is 31.2. The second-order valence-electron chi connectivity index (χ2n) is 9.20. The highest BCUT2D eigenvalue weighted by molar-refractivity contribution is 7.45. The van der Waals surface area contributed by atoms with Gasteiger partial charge in [-0.3, -0.25) is 0 Å². The minimum atomic E-state index is -2.25. The summed E-state index contributed by atoms with van der Waals surface area (Å²) in [5.74, 6) is 0. The molecule has 3 rings (SSSR count). The van der Waals surface area contributed by atoms with E-state index in [9.17, 15) is 19.6 Å². The topological polar surface area (TPSA) is 80.9 Å². The molecule has 1 radical (unpaired) electrons. The third-order valence-electron chi connectivity index (χ3n) is 6.30. The Morgan fingerprint density at radius 1 is 0.656 bits per heavy atom. The van der Waals surface area contributed by atoms with Gasteiger partial charge in [-0.25, -0.2) is 0 Å². The van der Waals surface area contributed by atoms with Crippen molar-refractivity contribution in [3.8, 4) is 0 Å². The molecule has 0 aromatic heterocycles. The summed E-state index contributed by atoms with van der Waals surface area (Å²) in [5.41, 5.74) is 1.36. The standard InChI is InChI=1S/C26H31O4P2/c1-25(2,23(31(27)28)19-12-7-5-8-13-19)21-16-11-17-22(18-21)26(3,4)24(32(29)30)20-14-9-6-10-15-20/h5-16,18,23-24,27-30H,1-4H3. The summed E-state index contributed by atoms with van der Waals surface area (Å²) in [6.45, 7) is 8.01. The van der Waals surface area contributed by atoms with Crippen LogP contribution in [-0.2, 0) is 10.8 Å². The van der Waals surface area contributed by atoms with Gasteiger partial charge in [0, 0.05) is 10.8 Å². The molecule has 4 N–H and O–H groups in total. The fourth-order valence-electron chi connectivity index (χ4n) is 4.49. The zero-order valence-electron chi connectivity index (χ0n) is 18.8. The molecule has 2 atom stereocenters. The van der Waals surface area contributed by atoms with Gasteiger partial charge in [-0.15, -0.1) is 0 Å². The molecule has 3 aromatic carbocycles. The molecule has 32 heavy (non-hydrogen) atoms. The Kier molecular flexibility index (Phi) is 7.89. The largest absolute Gasteiger partial charge is 0.350 e. The van der Waals surface area contributed by atoms with Crippen LogP contribution in [0.15, 0.2) is 78.9 Å². The van der Waals surface area contributed by atoms with Crippen LogP contribution in [0.1, 0.15) is 61.3 Å². The molecule has 0 saturated carbocycles. The lowest BCUT2D eigenvalue weighted by molar-refractivity contribution is 0.403.